The Kier molecular flexibility index (Phi) is 5.99. The highest BCUT2D eigenvalue weighted by Gasteiger charge is 2.31. The minimum Gasteiger partial charge on any atom is -0.458 e. The first-order chi connectivity index (χ1) is 9.20. The molecule has 0 aliphatic carbocycles. The fourth-order valence-corrected chi connectivity index (χ4v) is 2.09. The van der Waals surface area contributed by atoms with Crippen molar-refractivity contribution in [3.63, 3.8) is 0 Å². The topological polar surface area (TPSA) is 64.6 Å². The number of amides is 1. The Hall–Kier alpha value is -1.10. The highest BCUT2D eigenvalue weighted by atomic mass is 16.6. The zero-order valence-corrected chi connectivity index (χ0v) is 13.2. The SMILES string of the molecule is CC(C)[C@@H](NC(=O)C1CCOCC1)C(=O)OC(C)(C)C. The van der Waals surface area contributed by atoms with Crippen LogP contribution < -0.4 is 5.32 Å². The summed E-state index contributed by atoms with van der Waals surface area (Å²) in [4.78, 5) is 24.4. The highest BCUT2D eigenvalue weighted by molar-refractivity contribution is 5.86. The van der Waals surface area contributed by atoms with Crippen LogP contribution in [0.1, 0.15) is 47.5 Å². The third-order valence-corrected chi connectivity index (χ3v) is 3.22. The van der Waals surface area contributed by atoms with Crippen LogP contribution in [0.25, 0.3) is 0 Å². The van der Waals surface area contributed by atoms with E-state index in [0.717, 1.165) is 0 Å². The maximum atomic E-state index is 12.2. The number of esters is 1. The number of carbonyl (C=O) groups is 2. The summed E-state index contributed by atoms with van der Waals surface area (Å²) in [5, 5.41) is 2.84. The quantitative estimate of drug-likeness (QED) is 0.801. The van der Waals surface area contributed by atoms with Crippen molar-refractivity contribution in [1.29, 1.82) is 0 Å². The van der Waals surface area contributed by atoms with E-state index in [4.69, 9.17) is 9.47 Å². The standard InChI is InChI=1S/C15H27NO4/c1-10(2)12(14(18)20-15(3,4)5)16-13(17)11-6-8-19-9-7-11/h10-12H,6-9H2,1-5H3,(H,16,17)/t12-/m1/s1. The minimum atomic E-state index is -0.593. The summed E-state index contributed by atoms with van der Waals surface area (Å²) in [5.74, 6) is -0.508. The average molecular weight is 285 g/mol. The van der Waals surface area contributed by atoms with Gasteiger partial charge in [0.2, 0.25) is 5.91 Å². The van der Waals surface area contributed by atoms with Gasteiger partial charge >= 0.3 is 5.97 Å². The van der Waals surface area contributed by atoms with Crippen molar-refractivity contribution in [3.05, 3.63) is 0 Å². The predicted octanol–water partition coefficient (Wildman–Crippen LogP) is 1.90. The molecule has 1 amide bonds. The van der Waals surface area contributed by atoms with Crippen LogP contribution in [-0.2, 0) is 19.1 Å². The number of rotatable bonds is 4. The van der Waals surface area contributed by atoms with Crippen molar-refractivity contribution in [1.82, 2.24) is 5.32 Å². The largest absolute Gasteiger partial charge is 0.458 e. The summed E-state index contributed by atoms with van der Waals surface area (Å²) in [5.41, 5.74) is -0.548. The van der Waals surface area contributed by atoms with E-state index in [2.05, 4.69) is 5.32 Å². The molecule has 1 N–H and O–H groups in total. The van der Waals surface area contributed by atoms with E-state index < -0.39 is 11.6 Å². The van der Waals surface area contributed by atoms with Crippen molar-refractivity contribution >= 4 is 11.9 Å². The van der Waals surface area contributed by atoms with E-state index >= 15 is 0 Å². The van der Waals surface area contributed by atoms with E-state index in [9.17, 15) is 9.59 Å². The zero-order chi connectivity index (χ0) is 15.3. The number of nitrogens with one attached hydrogen (secondary N) is 1. The van der Waals surface area contributed by atoms with Crippen LogP contribution in [0, 0.1) is 11.8 Å². The Morgan fingerprint density at radius 1 is 1.20 bits per heavy atom. The van der Waals surface area contributed by atoms with Gasteiger partial charge < -0.3 is 14.8 Å². The van der Waals surface area contributed by atoms with Gasteiger partial charge in [-0.3, -0.25) is 4.79 Å². The molecule has 0 aromatic carbocycles. The van der Waals surface area contributed by atoms with Crippen LogP contribution in [0.2, 0.25) is 0 Å². The first-order valence-corrected chi connectivity index (χ1v) is 7.31. The summed E-state index contributed by atoms with van der Waals surface area (Å²) < 4.78 is 10.6. The molecular formula is C15H27NO4. The molecule has 1 fully saturated rings. The van der Waals surface area contributed by atoms with Crippen LogP contribution in [0.3, 0.4) is 0 Å². The lowest BCUT2D eigenvalue weighted by Gasteiger charge is -2.28. The summed E-state index contributed by atoms with van der Waals surface area (Å²) in [6, 6.07) is -0.593. The lowest BCUT2D eigenvalue weighted by Crippen LogP contribution is -2.49. The molecule has 1 aliphatic heterocycles. The zero-order valence-electron chi connectivity index (χ0n) is 13.2. The molecule has 1 aliphatic rings. The van der Waals surface area contributed by atoms with E-state index in [0.29, 0.717) is 26.1 Å². The molecule has 5 nitrogen and oxygen atoms in total. The van der Waals surface area contributed by atoms with E-state index in [1.54, 1.807) is 0 Å². The van der Waals surface area contributed by atoms with Crippen molar-refractivity contribution in [2.75, 3.05) is 13.2 Å². The molecule has 0 unspecified atom stereocenters. The molecule has 1 rings (SSSR count). The maximum Gasteiger partial charge on any atom is 0.329 e. The second-order valence-electron chi connectivity index (χ2n) is 6.65. The number of hydrogen-bond acceptors (Lipinski definition) is 4. The summed E-state index contributed by atoms with van der Waals surface area (Å²) >= 11 is 0. The summed E-state index contributed by atoms with van der Waals surface area (Å²) in [6.07, 6.45) is 1.43. The van der Waals surface area contributed by atoms with Crippen LogP contribution in [0.15, 0.2) is 0 Å². The molecule has 5 heteroatoms. The van der Waals surface area contributed by atoms with Gasteiger partial charge in [0.15, 0.2) is 0 Å². The van der Waals surface area contributed by atoms with Gasteiger partial charge in [0.25, 0.3) is 0 Å². The maximum absolute atomic E-state index is 12.2. The van der Waals surface area contributed by atoms with Gasteiger partial charge in [-0.15, -0.1) is 0 Å². The van der Waals surface area contributed by atoms with E-state index in [-0.39, 0.29) is 23.7 Å². The average Bonchev–Trinajstić information content (AvgIpc) is 2.34. The number of ether oxygens (including phenoxy) is 2. The monoisotopic (exact) mass is 285 g/mol. The normalized spacial score (nSPS) is 18.7. The Morgan fingerprint density at radius 2 is 1.75 bits per heavy atom. The Balaban J connectivity index is 2.62. The lowest BCUT2D eigenvalue weighted by molar-refractivity contribution is -0.160. The molecule has 1 heterocycles. The fraction of sp³-hybridized carbons (Fsp3) is 0.867. The second kappa shape index (κ2) is 7.07. The number of hydrogen-bond donors (Lipinski definition) is 1. The Morgan fingerprint density at radius 3 is 2.20 bits per heavy atom. The van der Waals surface area contributed by atoms with Gasteiger partial charge in [-0.2, -0.15) is 0 Å². The van der Waals surface area contributed by atoms with Gasteiger partial charge in [0.05, 0.1) is 0 Å². The van der Waals surface area contributed by atoms with E-state index in [1.807, 2.05) is 34.6 Å². The molecule has 1 saturated heterocycles. The van der Waals surface area contributed by atoms with Gasteiger partial charge in [-0.1, -0.05) is 13.8 Å². The molecule has 0 aromatic rings. The fourth-order valence-electron chi connectivity index (χ4n) is 2.09. The van der Waals surface area contributed by atoms with Gasteiger partial charge in [0, 0.05) is 19.1 Å². The third kappa shape index (κ3) is 5.49. The van der Waals surface area contributed by atoms with Gasteiger partial charge in [0.1, 0.15) is 11.6 Å². The summed E-state index contributed by atoms with van der Waals surface area (Å²) in [6.45, 7) is 10.5. The van der Waals surface area contributed by atoms with Crippen LogP contribution in [0.5, 0.6) is 0 Å². The molecule has 0 bridgehead atoms. The van der Waals surface area contributed by atoms with Gasteiger partial charge in [-0.25, -0.2) is 4.79 Å². The third-order valence-electron chi connectivity index (χ3n) is 3.22. The smallest absolute Gasteiger partial charge is 0.329 e. The van der Waals surface area contributed by atoms with Crippen molar-refractivity contribution in [3.8, 4) is 0 Å². The van der Waals surface area contributed by atoms with Crippen LogP contribution in [-0.4, -0.2) is 36.7 Å². The van der Waals surface area contributed by atoms with Crippen molar-refractivity contribution in [2.24, 2.45) is 11.8 Å². The first kappa shape index (κ1) is 17.0. The van der Waals surface area contributed by atoms with Crippen LogP contribution in [0.4, 0.5) is 0 Å². The number of carbonyl (C=O) groups excluding carboxylic acids is 2. The predicted molar refractivity (Wildman–Crippen MR) is 76.2 cm³/mol. The second-order valence-corrected chi connectivity index (χ2v) is 6.65. The minimum absolute atomic E-state index is 0.00589. The molecule has 0 aromatic heterocycles. The van der Waals surface area contributed by atoms with Crippen molar-refractivity contribution < 1.29 is 19.1 Å². The Bertz CT molecular complexity index is 340. The highest BCUT2D eigenvalue weighted by Crippen LogP contribution is 2.17. The summed E-state index contributed by atoms with van der Waals surface area (Å²) in [7, 11) is 0. The van der Waals surface area contributed by atoms with Crippen molar-refractivity contribution in [2.45, 2.75) is 59.1 Å². The molecule has 0 radical (unpaired) electrons. The van der Waals surface area contributed by atoms with E-state index in [1.165, 1.54) is 0 Å². The molecule has 0 spiro atoms. The molecule has 20 heavy (non-hydrogen) atoms. The van der Waals surface area contributed by atoms with Gasteiger partial charge in [-0.05, 0) is 39.5 Å². The van der Waals surface area contributed by atoms with Crippen LogP contribution >= 0.6 is 0 Å². The molecule has 1 atom stereocenters. The lowest BCUT2D eigenvalue weighted by atomic mass is 9.97. The Labute approximate surface area is 121 Å². The molecule has 116 valence electrons. The molecular weight excluding hydrogens is 258 g/mol. The first-order valence-electron chi connectivity index (χ1n) is 7.31. The molecule has 0 saturated carbocycles.